The molecule has 0 radical (unpaired) electrons. The molecular weight excluding hydrogens is 292 g/mol. The van der Waals surface area contributed by atoms with E-state index in [0.717, 1.165) is 18.4 Å². The summed E-state index contributed by atoms with van der Waals surface area (Å²) in [7, 11) is 0. The average molecular weight is 318 g/mol. The van der Waals surface area contributed by atoms with Crippen molar-refractivity contribution in [3.05, 3.63) is 29.8 Å². The number of nitrogens with zero attached hydrogens (tertiary/aromatic N) is 1. The fourth-order valence-corrected chi connectivity index (χ4v) is 2.84. The zero-order chi connectivity index (χ0) is 16.8. The van der Waals surface area contributed by atoms with Crippen LogP contribution in [0.2, 0.25) is 0 Å². The zero-order valence-corrected chi connectivity index (χ0v) is 14.2. The topological polar surface area (TPSA) is 58.6 Å². The van der Waals surface area contributed by atoms with Crippen molar-refractivity contribution in [1.82, 2.24) is 10.2 Å². The molecule has 1 aromatic carbocycles. The summed E-state index contributed by atoms with van der Waals surface area (Å²) in [4.78, 5) is 26.5. The highest BCUT2D eigenvalue weighted by Gasteiger charge is 2.35. The molecule has 126 valence electrons. The Balaban J connectivity index is 2.05. The van der Waals surface area contributed by atoms with Crippen molar-refractivity contribution in [2.24, 2.45) is 0 Å². The predicted octanol–water partition coefficient (Wildman–Crippen LogP) is 2.28. The number of piperazine rings is 1. The highest BCUT2D eigenvalue weighted by Crippen LogP contribution is 2.18. The Bertz CT molecular complexity index is 559. The molecule has 0 unspecified atom stereocenters. The second kappa shape index (κ2) is 7.99. The van der Waals surface area contributed by atoms with Crippen LogP contribution in [0.3, 0.4) is 0 Å². The Morgan fingerprint density at radius 3 is 2.96 bits per heavy atom. The first-order valence-electron chi connectivity index (χ1n) is 8.34. The molecule has 2 rings (SSSR count). The molecule has 2 amide bonds. The van der Waals surface area contributed by atoms with Crippen LogP contribution in [0.15, 0.2) is 24.3 Å². The van der Waals surface area contributed by atoms with E-state index in [4.69, 9.17) is 4.74 Å². The Kier molecular flexibility index (Phi) is 6.02. The largest absolute Gasteiger partial charge is 0.481 e. The normalized spacial score (nSPS) is 19.2. The molecular formula is C18H26N2O3. The summed E-state index contributed by atoms with van der Waals surface area (Å²) in [6, 6.07) is 7.25. The van der Waals surface area contributed by atoms with Crippen LogP contribution in [0.1, 0.15) is 38.7 Å². The molecule has 0 aromatic heterocycles. The van der Waals surface area contributed by atoms with Gasteiger partial charge in [-0.25, -0.2) is 0 Å². The second-order valence-electron chi connectivity index (χ2n) is 6.06. The minimum atomic E-state index is -0.605. The van der Waals surface area contributed by atoms with E-state index in [1.807, 2.05) is 31.2 Å². The quantitative estimate of drug-likeness (QED) is 0.875. The SMILES string of the molecule is CCCC[C@@H]1C(=O)NCCN1C(=O)[C@H](C)Oc1cccc(C)c1. The van der Waals surface area contributed by atoms with Crippen LogP contribution in [-0.2, 0) is 9.59 Å². The third-order valence-corrected chi connectivity index (χ3v) is 4.10. The van der Waals surface area contributed by atoms with Gasteiger partial charge in [0, 0.05) is 13.1 Å². The third kappa shape index (κ3) is 4.47. The summed E-state index contributed by atoms with van der Waals surface area (Å²) >= 11 is 0. The first-order valence-corrected chi connectivity index (χ1v) is 8.34. The van der Waals surface area contributed by atoms with Gasteiger partial charge in [0.1, 0.15) is 11.8 Å². The van der Waals surface area contributed by atoms with Gasteiger partial charge in [-0.1, -0.05) is 31.9 Å². The first kappa shape index (κ1) is 17.3. The molecule has 0 aliphatic carbocycles. The van der Waals surface area contributed by atoms with Gasteiger partial charge in [0.25, 0.3) is 5.91 Å². The molecule has 1 N–H and O–H groups in total. The monoisotopic (exact) mass is 318 g/mol. The van der Waals surface area contributed by atoms with Gasteiger partial charge in [0.05, 0.1) is 0 Å². The number of ether oxygens (including phenoxy) is 1. The lowest BCUT2D eigenvalue weighted by atomic mass is 10.0. The van der Waals surface area contributed by atoms with E-state index in [1.54, 1.807) is 11.8 Å². The number of benzene rings is 1. The van der Waals surface area contributed by atoms with Crippen LogP contribution in [0.4, 0.5) is 0 Å². The van der Waals surface area contributed by atoms with E-state index >= 15 is 0 Å². The Labute approximate surface area is 138 Å². The zero-order valence-electron chi connectivity index (χ0n) is 14.2. The van der Waals surface area contributed by atoms with Gasteiger partial charge in [-0.3, -0.25) is 9.59 Å². The van der Waals surface area contributed by atoms with Crippen LogP contribution in [-0.4, -0.2) is 41.9 Å². The maximum Gasteiger partial charge on any atom is 0.264 e. The van der Waals surface area contributed by atoms with Crippen molar-refractivity contribution >= 4 is 11.8 Å². The van der Waals surface area contributed by atoms with Crippen molar-refractivity contribution < 1.29 is 14.3 Å². The van der Waals surface area contributed by atoms with Crippen molar-refractivity contribution in [2.45, 2.75) is 52.2 Å². The molecule has 1 aliphatic heterocycles. The van der Waals surface area contributed by atoms with E-state index < -0.39 is 6.10 Å². The molecule has 1 aromatic rings. The van der Waals surface area contributed by atoms with Gasteiger partial charge >= 0.3 is 0 Å². The Morgan fingerprint density at radius 2 is 2.26 bits per heavy atom. The smallest absolute Gasteiger partial charge is 0.264 e. The molecule has 5 heteroatoms. The standard InChI is InChI=1S/C18H26N2O3/c1-4-5-9-16-17(21)19-10-11-20(16)18(22)14(3)23-15-8-6-7-13(2)12-15/h6-8,12,14,16H,4-5,9-11H2,1-3H3,(H,19,21)/t14-,16+/m0/s1. The third-order valence-electron chi connectivity index (χ3n) is 4.10. The maximum absolute atomic E-state index is 12.7. The molecule has 1 heterocycles. The molecule has 1 aliphatic rings. The van der Waals surface area contributed by atoms with E-state index in [0.29, 0.717) is 25.3 Å². The Hall–Kier alpha value is -2.04. The minimum absolute atomic E-state index is 0.0548. The number of carbonyl (C=O) groups excluding carboxylic acids is 2. The maximum atomic E-state index is 12.7. The van der Waals surface area contributed by atoms with E-state index in [9.17, 15) is 9.59 Å². The van der Waals surface area contributed by atoms with Crippen LogP contribution in [0.5, 0.6) is 5.75 Å². The number of hydrogen-bond donors (Lipinski definition) is 1. The average Bonchev–Trinajstić information content (AvgIpc) is 2.53. The summed E-state index contributed by atoms with van der Waals surface area (Å²) in [5, 5.41) is 2.85. The Morgan fingerprint density at radius 1 is 1.48 bits per heavy atom. The van der Waals surface area contributed by atoms with Crippen LogP contribution in [0, 0.1) is 6.92 Å². The van der Waals surface area contributed by atoms with Gasteiger partial charge in [-0.2, -0.15) is 0 Å². The summed E-state index contributed by atoms with van der Waals surface area (Å²) in [5.41, 5.74) is 1.08. The van der Waals surface area contributed by atoms with Gasteiger partial charge in [-0.05, 0) is 38.0 Å². The molecule has 0 bridgehead atoms. The highest BCUT2D eigenvalue weighted by atomic mass is 16.5. The van der Waals surface area contributed by atoms with Gasteiger partial charge in [0.2, 0.25) is 5.91 Å². The molecule has 0 spiro atoms. The van der Waals surface area contributed by atoms with Gasteiger partial charge in [0.15, 0.2) is 6.10 Å². The number of rotatable bonds is 6. The van der Waals surface area contributed by atoms with Gasteiger partial charge < -0.3 is 15.0 Å². The second-order valence-corrected chi connectivity index (χ2v) is 6.06. The van der Waals surface area contributed by atoms with Crippen molar-refractivity contribution in [1.29, 1.82) is 0 Å². The van der Waals surface area contributed by atoms with E-state index in [1.165, 1.54) is 0 Å². The van der Waals surface area contributed by atoms with Crippen molar-refractivity contribution in [3.8, 4) is 5.75 Å². The highest BCUT2D eigenvalue weighted by molar-refractivity contribution is 5.90. The van der Waals surface area contributed by atoms with Crippen LogP contribution >= 0.6 is 0 Å². The van der Waals surface area contributed by atoms with Crippen LogP contribution < -0.4 is 10.1 Å². The fraction of sp³-hybridized carbons (Fsp3) is 0.556. The molecule has 5 nitrogen and oxygen atoms in total. The minimum Gasteiger partial charge on any atom is -0.481 e. The molecule has 1 fully saturated rings. The molecule has 1 saturated heterocycles. The number of hydrogen-bond acceptors (Lipinski definition) is 3. The van der Waals surface area contributed by atoms with Crippen molar-refractivity contribution in [3.63, 3.8) is 0 Å². The lowest BCUT2D eigenvalue weighted by molar-refractivity contribution is -0.148. The first-order chi connectivity index (χ1) is 11.0. The lowest BCUT2D eigenvalue weighted by Crippen LogP contribution is -2.59. The molecule has 2 atom stereocenters. The summed E-state index contributed by atoms with van der Waals surface area (Å²) in [6.07, 6.45) is 2.02. The number of nitrogens with one attached hydrogen (secondary N) is 1. The number of carbonyl (C=O) groups is 2. The van der Waals surface area contributed by atoms with Crippen LogP contribution in [0.25, 0.3) is 0 Å². The van der Waals surface area contributed by atoms with E-state index in [2.05, 4.69) is 12.2 Å². The fourth-order valence-electron chi connectivity index (χ4n) is 2.84. The summed E-state index contributed by atoms with van der Waals surface area (Å²) in [6.45, 7) is 6.85. The van der Waals surface area contributed by atoms with Gasteiger partial charge in [-0.15, -0.1) is 0 Å². The number of aryl methyl sites for hydroxylation is 1. The summed E-state index contributed by atoms with van der Waals surface area (Å²) in [5.74, 6) is 0.501. The van der Waals surface area contributed by atoms with E-state index in [-0.39, 0.29) is 17.9 Å². The lowest BCUT2D eigenvalue weighted by Gasteiger charge is -2.36. The molecule has 0 saturated carbocycles. The predicted molar refractivity (Wildman–Crippen MR) is 89.3 cm³/mol. The number of unbranched alkanes of at least 4 members (excludes halogenated alkanes) is 1. The molecule has 23 heavy (non-hydrogen) atoms. The van der Waals surface area contributed by atoms with Crippen molar-refractivity contribution in [2.75, 3.05) is 13.1 Å². The number of amides is 2. The summed E-state index contributed by atoms with van der Waals surface area (Å²) < 4.78 is 5.78.